The Morgan fingerprint density at radius 3 is 2.42 bits per heavy atom. The summed E-state index contributed by atoms with van der Waals surface area (Å²) in [7, 11) is 0. The quantitative estimate of drug-likeness (QED) is 0.873. The highest BCUT2D eigenvalue weighted by Gasteiger charge is 2.10. The molecule has 0 aliphatic heterocycles. The summed E-state index contributed by atoms with van der Waals surface area (Å²) in [6.45, 7) is 0. The molecule has 4 heteroatoms. The van der Waals surface area contributed by atoms with Crippen LogP contribution in [-0.4, -0.2) is 11.2 Å². The molecule has 2 rings (SSSR count). The number of benzene rings is 2. The largest absolute Gasteiger partial charge is 0.392 e. The molecular weight excluding hydrogens is 331 g/mol. The molecule has 100 valence electrons. The molecule has 0 fully saturated rings. The number of aliphatic hydroxyl groups excluding tert-OH is 1. The molecule has 0 aliphatic carbocycles. The van der Waals surface area contributed by atoms with Crippen molar-refractivity contribution in [2.75, 3.05) is 0 Å². The van der Waals surface area contributed by atoms with Gasteiger partial charge in [-0.15, -0.1) is 0 Å². The molecule has 0 bridgehead atoms. The Kier molecular flexibility index (Phi) is 4.97. The van der Waals surface area contributed by atoms with Crippen LogP contribution in [0.4, 0.5) is 4.39 Å². The predicted molar refractivity (Wildman–Crippen MR) is 79.0 cm³/mol. The summed E-state index contributed by atoms with van der Waals surface area (Å²) in [5.74, 6) is -0.373. The predicted octanol–water partition coefficient (Wildman–Crippen LogP) is 4.39. The molecule has 0 saturated heterocycles. The molecule has 0 saturated carbocycles. The lowest BCUT2D eigenvalue weighted by Crippen LogP contribution is -2.14. The highest BCUT2D eigenvalue weighted by atomic mass is 79.9. The molecule has 0 aromatic heterocycles. The second-order valence-corrected chi connectivity index (χ2v) is 5.78. The number of hydrogen-bond donors (Lipinski definition) is 1. The minimum Gasteiger partial charge on any atom is -0.392 e. The summed E-state index contributed by atoms with van der Waals surface area (Å²) in [5.41, 5.74) is 1.50. The molecule has 0 aliphatic rings. The fourth-order valence-electron chi connectivity index (χ4n) is 1.91. The first-order chi connectivity index (χ1) is 9.04. The van der Waals surface area contributed by atoms with Gasteiger partial charge in [0.1, 0.15) is 5.82 Å². The van der Waals surface area contributed by atoms with Gasteiger partial charge in [0, 0.05) is 15.9 Å². The van der Waals surface area contributed by atoms with Crippen LogP contribution in [0.5, 0.6) is 0 Å². The second kappa shape index (κ2) is 6.51. The van der Waals surface area contributed by atoms with Crippen LogP contribution in [0.2, 0.25) is 5.02 Å². The van der Waals surface area contributed by atoms with Crippen molar-refractivity contribution in [1.29, 1.82) is 0 Å². The average Bonchev–Trinajstić information content (AvgIpc) is 2.36. The van der Waals surface area contributed by atoms with Crippen LogP contribution in [-0.2, 0) is 12.8 Å². The van der Waals surface area contributed by atoms with Crippen molar-refractivity contribution in [1.82, 2.24) is 0 Å². The zero-order valence-corrected chi connectivity index (χ0v) is 12.5. The van der Waals surface area contributed by atoms with Gasteiger partial charge in [0.2, 0.25) is 0 Å². The van der Waals surface area contributed by atoms with Crippen LogP contribution >= 0.6 is 27.5 Å². The number of halogens is 3. The molecule has 19 heavy (non-hydrogen) atoms. The van der Waals surface area contributed by atoms with Crippen molar-refractivity contribution in [3.8, 4) is 0 Å². The van der Waals surface area contributed by atoms with Crippen LogP contribution in [0.15, 0.2) is 46.9 Å². The first kappa shape index (κ1) is 14.5. The summed E-state index contributed by atoms with van der Waals surface area (Å²) < 4.78 is 14.6. The zero-order chi connectivity index (χ0) is 13.8. The Hall–Kier alpha value is -0.900. The smallest absolute Gasteiger partial charge is 0.127 e. The number of aliphatic hydroxyl groups is 1. The molecule has 2 aromatic rings. The summed E-state index contributed by atoms with van der Waals surface area (Å²) in [6.07, 6.45) is 0.158. The molecule has 1 unspecified atom stereocenters. The van der Waals surface area contributed by atoms with Crippen LogP contribution in [0, 0.1) is 5.82 Å². The Morgan fingerprint density at radius 1 is 1.11 bits per heavy atom. The molecule has 0 spiro atoms. The van der Waals surface area contributed by atoms with E-state index in [-0.39, 0.29) is 12.2 Å². The van der Waals surface area contributed by atoms with E-state index in [4.69, 9.17) is 11.6 Å². The lowest BCUT2D eigenvalue weighted by Gasteiger charge is -2.11. The molecule has 0 radical (unpaired) electrons. The highest BCUT2D eigenvalue weighted by Crippen LogP contribution is 2.18. The number of rotatable bonds is 4. The number of hydrogen-bond acceptors (Lipinski definition) is 1. The Labute approximate surface area is 125 Å². The van der Waals surface area contributed by atoms with E-state index in [1.807, 2.05) is 24.3 Å². The van der Waals surface area contributed by atoms with Crippen molar-refractivity contribution >= 4 is 27.5 Å². The first-order valence-corrected chi connectivity index (χ1v) is 7.08. The van der Waals surface area contributed by atoms with E-state index in [1.54, 1.807) is 12.1 Å². The fourth-order valence-corrected chi connectivity index (χ4v) is 2.33. The minimum atomic E-state index is -0.614. The average molecular weight is 344 g/mol. The van der Waals surface area contributed by atoms with E-state index >= 15 is 0 Å². The van der Waals surface area contributed by atoms with Crippen LogP contribution in [0.25, 0.3) is 0 Å². The zero-order valence-electron chi connectivity index (χ0n) is 10.1. The molecule has 1 nitrogen and oxygen atoms in total. The molecule has 1 N–H and O–H groups in total. The minimum absolute atomic E-state index is 0.277. The lowest BCUT2D eigenvalue weighted by atomic mass is 10.0. The van der Waals surface area contributed by atoms with Gasteiger partial charge in [-0.3, -0.25) is 0 Å². The molecular formula is C15H13BrClFO. The van der Waals surface area contributed by atoms with Crippen molar-refractivity contribution < 1.29 is 9.50 Å². The van der Waals surface area contributed by atoms with Gasteiger partial charge in [-0.1, -0.05) is 45.7 Å². The third-order valence-electron chi connectivity index (χ3n) is 2.86. The van der Waals surface area contributed by atoms with E-state index in [1.165, 1.54) is 6.07 Å². The van der Waals surface area contributed by atoms with Crippen molar-refractivity contribution in [3.63, 3.8) is 0 Å². The highest BCUT2D eigenvalue weighted by molar-refractivity contribution is 9.10. The van der Waals surface area contributed by atoms with Crippen LogP contribution in [0.1, 0.15) is 11.1 Å². The Bertz CT molecular complexity index is 557. The van der Waals surface area contributed by atoms with Gasteiger partial charge in [-0.25, -0.2) is 4.39 Å². The fraction of sp³-hybridized carbons (Fsp3) is 0.200. The molecule has 0 heterocycles. The Balaban J connectivity index is 2.01. The topological polar surface area (TPSA) is 20.2 Å². The van der Waals surface area contributed by atoms with Crippen molar-refractivity contribution in [2.24, 2.45) is 0 Å². The van der Waals surface area contributed by atoms with Gasteiger partial charge in [0.15, 0.2) is 0 Å². The Morgan fingerprint density at radius 2 is 1.79 bits per heavy atom. The van der Waals surface area contributed by atoms with Gasteiger partial charge in [0.25, 0.3) is 0 Å². The van der Waals surface area contributed by atoms with Crippen LogP contribution in [0.3, 0.4) is 0 Å². The van der Waals surface area contributed by atoms with Crippen molar-refractivity contribution in [2.45, 2.75) is 18.9 Å². The normalized spacial score (nSPS) is 12.4. The SMILES string of the molecule is OC(Cc1ccc(Br)cc1)Cc1ccc(Cl)cc1F. The standard InChI is InChI=1S/C15H13BrClFO/c16-12-4-1-10(2-5-12)7-14(19)8-11-3-6-13(17)9-15(11)18/h1-6,9,14,19H,7-8H2. The van der Waals surface area contributed by atoms with E-state index in [0.717, 1.165) is 10.0 Å². The summed E-state index contributed by atoms with van der Waals surface area (Å²) in [6, 6.07) is 12.2. The summed E-state index contributed by atoms with van der Waals surface area (Å²) in [4.78, 5) is 0. The van der Waals surface area contributed by atoms with E-state index in [2.05, 4.69) is 15.9 Å². The van der Waals surface area contributed by atoms with Gasteiger partial charge in [0.05, 0.1) is 6.10 Å². The van der Waals surface area contributed by atoms with Gasteiger partial charge >= 0.3 is 0 Å². The van der Waals surface area contributed by atoms with Crippen LogP contribution < -0.4 is 0 Å². The van der Waals surface area contributed by atoms with Gasteiger partial charge in [-0.2, -0.15) is 0 Å². The van der Waals surface area contributed by atoms with E-state index < -0.39 is 6.10 Å². The lowest BCUT2D eigenvalue weighted by molar-refractivity contribution is 0.174. The second-order valence-electron chi connectivity index (χ2n) is 4.42. The van der Waals surface area contributed by atoms with Gasteiger partial charge < -0.3 is 5.11 Å². The van der Waals surface area contributed by atoms with Crippen molar-refractivity contribution in [3.05, 3.63) is 68.9 Å². The third kappa shape index (κ3) is 4.30. The van der Waals surface area contributed by atoms with E-state index in [9.17, 15) is 9.50 Å². The van der Waals surface area contributed by atoms with E-state index in [0.29, 0.717) is 17.0 Å². The summed E-state index contributed by atoms with van der Waals surface area (Å²) in [5, 5.41) is 10.4. The first-order valence-electron chi connectivity index (χ1n) is 5.91. The third-order valence-corrected chi connectivity index (χ3v) is 3.62. The maximum atomic E-state index is 13.6. The summed E-state index contributed by atoms with van der Waals surface area (Å²) >= 11 is 9.05. The monoisotopic (exact) mass is 342 g/mol. The van der Waals surface area contributed by atoms with Gasteiger partial charge in [-0.05, 0) is 41.8 Å². The maximum absolute atomic E-state index is 13.6. The molecule has 0 amide bonds. The molecule has 1 atom stereocenters. The molecule has 2 aromatic carbocycles. The maximum Gasteiger partial charge on any atom is 0.127 e.